The van der Waals surface area contributed by atoms with E-state index in [1.54, 1.807) is 25.1 Å². The SMILES string of the molecule is Cc1cc(CNC(=O)c2c(-c3ccccc3)c(-c3ccc(F)cc3)c(CC[C@@H](O)C[C@@H](O)CC(=O)O)n2C(C)C)no1. The fraction of sp³-hybridized carbons (Fsp3) is 0.344. The molecule has 0 fully saturated rings. The highest BCUT2D eigenvalue weighted by Crippen LogP contribution is 2.42. The minimum Gasteiger partial charge on any atom is -0.481 e. The largest absolute Gasteiger partial charge is 0.481 e. The molecule has 0 bridgehead atoms. The maximum Gasteiger partial charge on any atom is 0.305 e. The third kappa shape index (κ3) is 7.32. The van der Waals surface area contributed by atoms with E-state index in [9.17, 15) is 24.2 Å². The van der Waals surface area contributed by atoms with Gasteiger partial charge in [-0.05, 0) is 63.3 Å². The molecule has 0 aliphatic heterocycles. The number of aliphatic hydroxyl groups is 2. The molecule has 2 atom stereocenters. The summed E-state index contributed by atoms with van der Waals surface area (Å²) in [5, 5.41) is 36.7. The zero-order valence-electron chi connectivity index (χ0n) is 23.9. The van der Waals surface area contributed by atoms with Crippen LogP contribution in [0.25, 0.3) is 22.3 Å². The van der Waals surface area contributed by atoms with Crippen molar-refractivity contribution in [2.45, 2.75) is 71.2 Å². The van der Waals surface area contributed by atoms with Gasteiger partial charge < -0.3 is 29.7 Å². The molecule has 0 aliphatic rings. The van der Waals surface area contributed by atoms with Gasteiger partial charge in [-0.15, -0.1) is 0 Å². The highest BCUT2D eigenvalue weighted by Gasteiger charge is 2.30. The van der Waals surface area contributed by atoms with Crippen molar-refractivity contribution in [2.24, 2.45) is 0 Å². The summed E-state index contributed by atoms with van der Waals surface area (Å²) in [6, 6.07) is 17.1. The van der Waals surface area contributed by atoms with Crippen LogP contribution >= 0.6 is 0 Å². The highest BCUT2D eigenvalue weighted by molar-refractivity contribution is 6.05. The molecule has 4 N–H and O–H groups in total. The summed E-state index contributed by atoms with van der Waals surface area (Å²) < 4.78 is 21.1. The minimum atomic E-state index is -1.19. The van der Waals surface area contributed by atoms with E-state index in [0.717, 1.165) is 16.8 Å². The molecular formula is C32H36FN3O6. The number of carbonyl (C=O) groups excluding carboxylic acids is 1. The van der Waals surface area contributed by atoms with Crippen molar-refractivity contribution in [2.75, 3.05) is 0 Å². The summed E-state index contributed by atoms with van der Waals surface area (Å²) in [5.41, 5.74) is 4.63. The lowest BCUT2D eigenvalue weighted by Crippen LogP contribution is -2.27. The molecule has 0 radical (unpaired) electrons. The number of aliphatic hydroxyl groups excluding tert-OH is 2. The van der Waals surface area contributed by atoms with Crippen LogP contribution in [0.3, 0.4) is 0 Å². The number of nitrogens with zero attached hydrogens (tertiary/aromatic N) is 2. The molecule has 1 amide bonds. The van der Waals surface area contributed by atoms with Gasteiger partial charge in [-0.1, -0.05) is 47.6 Å². The van der Waals surface area contributed by atoms with Gasteiger partial charge >= 0.3 is 5.97 Å². The Labute approximate surface area is 243 Å². The van der Waals surface area contributed by atoms with Crippen LogP contribution in [-0.4, -0.2) is 49.1 Å². The minimum absolute atomic E-state index is 0.101. The van der Waals surface area contributed by atoms with Gasteiger partial charge in [0, 0.05) is 28.9 Å². The standard InChI is InChI=1S/C32H36FN3O6/c1-19(2)36-27(14-13-25(37)16-26(38)17-28(39)40)29(22-9-11-23(33)12-10-22)30(21-7-5-4-6-8-21)31(36)32(41)34-18-24-15-20(3)42-35-24/h4-12,15,19,25-26,37-38H,13-14,16-18H2,1-3H3,(H,34,41)(H,39,40)/t25-,26-/m1/s1. The first kappa shape index (κ1) is 30.7. The first-order valence-electron chi connectivity index (χ1n) is 13.9. The Balaban J connectivity index is 1.85. The van der Waals surface area contributed by atoms with Gasteiger partial charge in [0.05, 0.1) is 25.2 Å². The number of aromatic nitrogens is 2. The molecule has 0 spiro atoms. The molecule has 0 unspecified atom stereocenters. The maximum atomic E-state index is 14.0. The van der Waals surface area contributed by atoms with Crippen molar-refractivity contribution in [1.29, 1.82) is 0 Å². The van der Waals surface area contributed by atoms with E-state index < -0.39 is 30.4 Å². The molecule has 4 aromatic rings. The lowest BCUT2D eigenvalue weighted by Gasteiger charge is -2.20. The fourth-order valence-electron chi connectivity index (χ4n) is 5.27. The number of hydrogen-bond acceptors (Lipinski definition) is 6. The Kier molecular flexibility index (Phi) is 9.92. The number of amides is 1. The van der Waals surface area contributed by atoms with Gasteiger partial charge in [0.25, 0.3) is 5.91 Å². The van der Waals surface area contributed by atoms with Crippen LogP contribution in [0.15, 0.2) is 65.2 Å². The molecule has 4 rings (SSSR count). The first-order valence-corrected chi connectivity index (χ1v) is 13.9. The number of carboxylic acids is 1. The van der Waals surface area contributed by atoms with Crippen molar-refractivity contribution in [3.8, 4) is 22.3 Å². The number of aliphatic carboxylic acids is 1. The van der Waals surface area contributed by atoms with Crippen LogP contribution in [0.5, 0.6) is 0 Å². The number of benzene rings is 2. The summed E-state index contributed by atoms with van der Waals surface area (Å²) in [4.78, 5) is 25.0. The average molecular weight is 578 g/mol. The van der Waals surface area contributed by atoms with Gasteiger partial charge in [0.15, 0.2) is 0 Å². The van der Waals surface area contributed by atoms with E-state index in [2.05, 4.69) is 10.5 Å². The number of hydrogen-bond donors (Lipinski definition) is 4. The quantitative estimate of drug-likeness (QED) is 0.169. The second-order valence-electron chi connectivity index (χ2n) is 10.7. The number of rotatable bonds is 13. The second kappa shape index (κ2) is 13.6. The fourth-order valence-corrected chi connectivity index (χ4v) is 5.27. The normalized spacial score (nSPS) is 12.8. The summed E-state index contributed by atoms with van der Waals surface area (Å²) >= 11 is 0. The number of carboxylic acid groups (broad SMARTS) is 1. The molecule has 9 nitrogen and oxygen atoms in total. The van der Waals surface area contributed by atoms with Crippen LogP contribution < -0.4 is 5.32 Å². The van der Waals surface area contributed by atoms with Gasteiger partial charge in [-0.3, -0.25) is 9.59 Å². The Hall–Kier alpha value is -4.28. The molecule has 0 saturated carbocycles. The van der Waals surface area contributed by atoms with Crippen LogP contribution in [0.4, 0.5) is 4.39 Å². The van der Waals surface area contributed by atoms with E-state index in [0.29, 0.717) is 34.7 Å². The summed E-state index contributed by atoms with van der Waals surface area (Å²) in [6.07, 6.45) is -2.22. The lowest BCUT2D eigenvalue weighted by atomic mass is 9.92. The van der Waals surface area contributed by atoms with Crippen molar-refractivity contribution >= 4 is 11.9 Å². The van der Waals surface area contributed by atoms with E-state index >= 15 is 0 Å². The Morgan fingerprint density at radius 2 is 1.67 bits per heavy atom. The predicted molar refractivity (Wildman–Crippen MR) is 155 cm³/mol. The molecule has 222 valence electrons. The second-order valence-corrected chi connectivity index (χ2v) is 10.7. The summed E-state index contributed by atoms with van der Waals surface area (Å²) in [6.45, 7) is 5.83. The maximum absolute atomic E-state index is 14.0. The Morgan fingerprint density at radius 1 is 1.00 bits per heavy atom. The first-order chi connectivity index (χ1) is 20.0. The number of aryl methyl sites for hydroxylation is 1. The number of nitrogens with one attached hydrogen (secondary N) is 1. The Morgan fingerprint density at radius 3 is 2.26 bits per heavy atom. The molecule has 2 aromatic carbocycles. The summed E-state index contributed by atoms with van der Waals surface area (Å²) in [5.74, 6) is -1.25. The van der Waals surface area contributed by atoms with Gasteiger partial charge in [-0.2, -0.15) is 0 Å². The van der Waals surface area contributed by atoms with E-state index in [1.165, 1.54) is 12.1 Å². The van der Waals surface area contributed by atoms with Crippen LogP contribution in [-0.2, 0) is 17.8 Å². The van der Waals surface area contributed by atoms with Crippen molar-refractivity contribution in [3.63, 3.8) is 0 Å². The summed E-state index contributed by atoms with van der Waals surface area (Å²) in [7, 11) is 0. The Bertz CT molecular complexity index is 1510. The van der Waals surface area contributed by atoms with Crippen molar-refractivity contribution < 1.29 is 33.8 Å². The van der Waals surface area contributed by atoms with E-state index in [1.807, 2.05) is 48.7 Å². The van der Waals surface area contributed by atoms with Gasteiger partial charge in [0.2, 0.25) is 0 Å². The van der Waals surface area contributed by atoms with Crippen molar-refractivity contribution in [1.82, 2.24) is 15.0 Å². The van der Waals surface area contributed by atoms with Gasteiger partial charge in [0.1, 0.15) is 23.0 Å². The lowest BCUT2D eigenvalue weighted by molar-refractivity contribution is -0.139. The van der Waals surface area contributed by atoms with E-state index in [-0.39, 0.29) is 31.3 Å². The third-order valence-corrected chi connectivity index (χ3v) is 7.01. The topological polar surface area (TPSA) is 138 Å². The number of carbonyl (C=O) groups is 2. The smallest absolute Gasteiger partial charge is 0.305 e. The molecule has 2 heterocycles. The van der Waals surface area contributed by atoms with E-state index in [4.69, 9.17) is 9.63 Å². The molecule has 42 heavy (non-hydrogen) atoms. The third-order valence-electron chi connectivity index (χ3n) is 7.01. The number of halogens is 1. The van der Waals surface area contributed by atoms with Crippen LogP contribution in [0, 0.1) is 12.7 Å². The molecular weight excluding hydrogens is 541 g/mol. The molecule has 2 aromatic heterocycles. The average Bonchev–Trinajstić information content (AvgIpc) is 3.52. The zero-order chi connectivity index (χ0) is 30.4. The monoisotopic (exact) mass is 577 g/mol. The zero-order valence-corrected chi connectivity index (χ0v) is 23.9. The van der Waals surface area contributed by atoms with Crippen LogP contribution in [0.1, 0.15) is 66.8 Å². The van der Waals surface area contributed by atoms with Crippen molar-refractivity contribution in [3.05, 3.63) is 89.3 Å². The molecule has 0 aliphatic carbocycles. The molecule has 0 saturated heterocycles. The molecule has 10 heteroatoms. The van der Waals surface area contributed by atoms with Gasteiger partial charge in [-0.25, -0.2) is 4.39 Å². The predicted octanol–water partition coefficient (Wildman–Crippen LogP) is 5.29. The highest BCUT2D eigenvalue weighted by atomic mass is 19.1. The van der Waals surface area contributed by atoms with Crippen LogP contribution in [0.2, 0.25) is 0 Å².